The molecular weight excluding hydrogens is 136 g/mol. The first-order valence-electron chi connectivity index (χ1n) is 3.87. The van der Waals surface area contributed by atoms with Crippen LogP contribution in [0.5, 0.6) is 0 Å². The molecule has 0 unspecified atom stereocenters. The van der Waals surface area contributed by atoms with Crippen LogP contribution >= 0.6 is 0 Å². The molecule has 0 aliphatic heterocycles. The van der Waals surface area contributed by atoms with Gasteiger partial charge in [-0.3, -0.25) is 0 Å². The SMILES string of the molecule is C=Cn1c(CC)nc(C)c1C. The maximum absolute atomic E-state index is 4.39. The molecule has 0 radical (unpaired) electrons. The van der Waals surface area contributed by atoms with Crippen molar-refractivity contribution in [3.8, 4) is 0 Å². The van der Waals surface area contributed by atoms with Gasteiger partial charge in [-0.2, -0.15) is 0 Å². The molecule has 0 bridgehead atoms. The highest BCUT2D eigenvalue weighted by atomic mass is 15.1. The van der Waals surface area contributed by atoms with Crippen LogP contribution in [0.25, 0.3) is 6.20 Å². The van der Waals surface area contributed by atoms with Gasteiger partial charge in [-0.15, -0.1) is 0 Å². The van der Waals surface area contributed by atoms with E-state index in [4.69, 9.17) is 0 Å². The van der Waals surface area contributed by atoms with Gasteiger partial charge in [0.05, 0.1) is 5.69 Å². The fourth-order valence-electron chi connectivity index (χ4n) is 1.19. The normalized spacial score (nSPS) is 10.1. The van der Waals surface area contributed by atoms with Crippen LogP contribution < -0.4 is 0 Å². The van der Waals surface area contributed by atoms with Crippen molar-refractivity contribution in [2.75, 3.05) is 0 Å². The molecular formula is C9H14N2. The number of imidazole rings is 1. The van der Waals surface area contributed by atoms with Crippen molar-refractivity contribution < 1.29 is 0 Å². The van der Waals surface area contributed by atoms with E-state index >= 15 is 0 Å². The third-order valence-electron chi connectivity index (χ3n) is 1.96. The van der Waals surface area contributed by atoms with E-state index in [-0.39, 0.29) is 0 Å². The third kappa shape index (κ3) is 1.20. The highest BCUT2D eigenvalue weighted by molar-refractivity contribution is 5.28. The summed E-state index contributed by atoms with van der Waals surface area (Å²) in [4.78, 5) is 4.39. The first-order valence-corrected chi connectivity index (χ1v) is 3.87. The van der Waals surface area contributed by atoms with Crippen molar-refractivity contribution in [2.45, 2.75) is 27.2 Å². The summed E-state index contributed by atoms with van der Waals surface area (Å²) in [7, 11) is 0. The van der Waals surface area contributed by atoms with E-state index in [2.05, 4.69) is 25.4 Å². The van der Waals surface area contributed by atoms with E-state index in [1.54, 1.807) is 0 Å². The van der Waals surface area contributed by atoms with Gasteiger partial charge in [-0.25, -0.2) is 4.98 Å². The monoisotopic (exact) mass is 150 g/mol. The lowest BCUT2D eigenvalue weighted by Gasteiger charge is -1.99. The molecule has 0 aliphatic carbocycles. The first kappa shape index (κ1) is 8.05. The number of hydrogen-bond donors (Lipinski definition) is 0. The van der Waals surface area contributed by atoms with E-state index in [1.807, 2.05) is 17.7 Å². The molecule has 0 aliphatic rings. The van der Waals surface area contributed by atoms with Gasteiger partial charge in [0.2, 0.25) is 0 Å². The summed E-state index contributed by atoms with van der Waals surface area (Å²) in [5, 5.41) is 0. The van der Waals surface area contributed by atoms with Crippen LogP contribution in [0, 0.1) is 13.8 Å². The molecule has 0 spiro atoms. The summed E-state index contributed by atoms with van der Waals surface area (Å²) in [5.41, 5.74) is 2.29. The standard InChI is InChI=1S/C9H14N2/c1-5-9-10-7(3)8(4)11(9)6-2/h6H,2,5H2,1,3-4H3. The summed E-state index contributed by atoms with van der Waals surface area (Å²) in [6, 6.07) is 0. The summed E-state index contributed by atoms with van der Waals surface area (Å²) >= 11 is 0. The molecule has 0 saturated heterocycles. The maximum Gasteiger partial charge on any atom is 0.112 e. The van der Waals surface area contributed by atoms with Crippen LogP contribution in [0.2, 0.25) is 0 Å². The minimum Gasteiger partial charge on any atom is -0.308 e. The fourth-order valence-corrected chi connectivity index (χ4v) is 1.19. The summed E-state index contributed by atoms with van der Waals surface area (Å²) in [5.74, 6) is 1.09. The molecule has 0 atom stereocenters. The second kappa shape index (κ2) is 2.91. The van der Waals surface area contributed by atoms with Crippen LogP contribution in [-0.2, 0) is 6.42 Å². The molecule has 1 aromatic rings. The van der Waals surface area contributed by atoms with Crippen LogP contribution in [-0.4, -0.2) is 9.55 Å². The Morgan fingerprint density at radius 3 is 2.55 bits per heavy atom. The predicted octanol–water partition coefficient (Wildman–Crippen LogP) is 2.16. The highest BCUT2D eigenvalue weighted by Crippen LogP contribution is 2.10. The zero-order valence-corrected chi connectivity index (χ0v) is 7.39. The van der Waals surface area contributed by atoms with E-state index in [0.29, 0.717) is 0 Å². The maximum atomic E-state index is 4.39. The Kier molecular flexibility index (Phi) is 2.13. The van der Waals surface area contributed by atoms with Crippen molar-refractivity contribution in [2.24, 2.45) is 0 Å². The Bertz CT molecular complexity index is 271. The zero-order valence-electron chi connectivity index (χ0n) is 7.39. The van der Waals surface area contributed by atoms with Crippen molar-refractivity contribution >= 4 is 6.20 Å². The van der Waals surface area contributed by atoms with Crippen molar-refractivity contribution in [3.63, 3.8) is 0 Å². The topological polar surface area (TPSA) is 17.8 Å². The second-order valence-electron chi connectivity index (χ2n) is 2.60. The molecule has 0 saturated carbocycles. The molecule has 1 aromatic heterocycles. The highest BCUT2D eigenvalue weighted by Gasteiger charge is 2.05. The van der Waals surface area contributed by atoms with E-state index in [0.717, 1.165) is 17.9 Å². The van der Waals surface area contributed by atoms with Gasteiger partial charge in [0, 0.05) is 18.3 Å². The largest absolute Gasteiger partial charge is 0.308 e. The average Bonchev–Trinajstić information content (AvgIpc) is 2.28. The van der Waals surface area contributed by atoms with Crippen molar-refractivity contribution in [1.82, 2.24) is 9.55 Å². The molecule has 0 aromatic carbocycles. The summed E-state index contributed by atoms with van der Waals surface area (Å²) < 4.78 is 2.04. The van der Waals surface area contributed by atoms with Gasteiger partial charge in [0.1, 0.15) is 5.82 Å². The minimum absolute atomic E-state index is 0.959. The number of aromatic nitrogens is 2. The fraction of sp³-hybridized carbons (Fsp3) is 0.444. The summed E-state index contributed by atoms with van der Waals surface area (Å²) in [6.45, 7) is 9.92. The Balaban J connectivity index is 3.26. The molecule has 11 heavy (non-hydrogen) atoms. The third-order valence-corrected chi connectivity index (χ3v) is 1.96. The molecule has 0 amide bonds. The van der Waals surface area contributed by atoms with Gasteiger partial charge < -0.3 is 4.57 Å². The molecule has 1 rings (SSSR count). The van der Waals surface area contributed by atoms with Crippen LogP contribution in [0.3, 0.4) is 0 Å². The van der Waals surface area contributed by atoms with Gasteiger partial charge >= 0.3 is 0 Å². The average molecular weight is 150 g/mol. The number of hydrogen-bond acceptors (Lipinski definition) is 1. The van der Waals surface area contributed by atoms with Gasteiger partial charge in [-0.1, -0.05) is 13.5 Å². The first-order chi connectivity index (χ1) is 5.20. The number of nitrogens with zero attached hydrogens (tertiary/aromatic N) is 2. The Labute approximate surface area is 67.6 Å². The van der Waals surface area contributed by atoms with E-state index in [9.17, 15) is 0 Å². The van der Waals surface area contributed by atoms with Gasteiger partial charge in [0.15, 0.2) is 0 Å². The molecule has 1 heterocycles. The molecule has 60 valence electrons. The lowest BCUT2D eigenvalue weighted by Crippen LogP contribution is -1.95. The Morgan fingerprint density at radius 2 is 2.18 bits per heavy atom. The second-order valence-corrected chi connectivity index (χ2v) is 2.60. The molecule has 2 nitrogen and oxygen atoms in total. The minimum atomic E-state index is 0.959. The van der Waals surface area contributed by atoms with Gasteiger partial charge in [0.25, 0.3) is 0 Å². The van der Waals surface area contributed by atoms with Gasteiger partial charge in [-0.05, 0) is 13.8 Å². The van der Waals surface area contributed by atoms with Crippen LogP contribution in [0.1, 0.15) is 24.1 Å². The lowest BCUT2D eigenvalue weighted by atomic mass is 10.4. The molecule has 0 N–H and O–H groups in total. The molecule has 0 fully saturated rings. The number of rotatable bonds is 2. The lowest BCUT2D eigenvalue weighted by molar-refractivity contribution is 0.907. The molecule has 2 heteroatoms. The van der Waals surface area contributed by atoms with Crippen LogP contribution in [0.4, 0.5) is 0 Å². The van der Waals surface area contributed by atoms with Crippen molar-refractivity contribution in [3.05, 3.63) is 23.8 Å². The van der Waals surface area contributed by atoms with E-state index in [1.165, 1.54) is 5.69 Å². The smallest absolute Gasteiger partial charge is 0.112 e. The quantitative estimate of drug-likeness (QED) is 0.631. The Hall–Kier alpha value is -1.05. The van der Waals surface area contributed by atoms with Crippen LogP contribution in [0.15, 0.2) is 6.58 Å². The zero-order chi connectivity index (χ0) is 8.43. The predicted molar refractivity (Wildman–Crippen MR) is 47.5 cm³/mol. The summed E-state index contributed by atoms with van der Waals surface area (Å²) in [6.07, 6.45) is 2.77. The Morgan fingerprint density at radius 1 is 1.55 bits per heavy atom. The van der Waals surface area contributed by atoms with Crippen molar-refractivity contribution in [1.29, 1.82) is 0 Å². The van der Waals surface area contributed by atoms with E-state index < -0.39 is 0 Å². The number of aryl methyl sites for hydroxylation is 2.